The third-order valence-electron chi connectivity index (χ3n) is 3.68. The van der Waals surface area contributed by atoms with Crippen LogP contribution in [0.4, 0.5) is 11.4 Å². The van der Waals surface area contributed by atoms with Crippen LogP contribution in [0.25, 0.3) is 0 Å². The molecule has 2 aromatic carbocycles. The molecule has 2 rings (SSSR count). The lowest BCUT2D eigenvalue weighted by atomic mass is 10.1. The average molecular weight is 416 g/mol. The van der Waals surface area contributed by atoms with Crippen LogP contribution in [0.5, 0.6) is 0 Å². The highest BCUT2D eigenvalue weighted by Crippen LogP contribution is 2.34. The quantitative estimate of drug-likeness (QED) is 0.368. The van der Waals surface area contributed by atoms with E-state index in [1.165, 1.54) is 0 Å². The molecule has 0 aromatic heterocycles. The summed E-state index contributed by atoms with van der Waals surface area (Å²) < 4.78 is -1.73. The molecule has 0 aliphatic heterocycles. The van der Waals surface area contributed by atoms with Crippen LogP contribution in [0.2, 0.25) is 0 Å². The molecule has 2 nitrogen and oxygen atoms in total. The van der Waals surface area contributed by atoms with Crippen LogP contribution >= 0.6 is 46.4 Å². The van der Waals surface area contributed by atoms with Gasteiger partial charge in [0.15, 0.2) is 0 Å². The van der Waals surface area contributed by atoms with Crippen LogP contribution in [-0.4, -0.2) is 14.7 Å². The van der Waals surface area contributed by atoms with Crippen LogP contribution in [-0.2, 0) is 0 Å². The van der Waals surface area contributed by atoms with E-state index in [1.54, 1.807) is 0 Å². The largest absolute Gasteiger partial charge is 0.237 e. The fraction of sp³-hybridized carbons (Fsp3) is 0.263. The molecule has 0 aliphatic rings. The van der Waals surface area contributed by atoms with Crippen molar-refractivity contribution in [3.05, 3.63) is 58.7 Å². The molecule has 6 heteroatoms. The Morgan fingerprint density at radius 2 is 1.08 bits per heavy atom. The summed E-state index contributed by atoms with van der Waals surface area (Å²) in [5, 5.41) is -0.104. The van der Waals surface area contributed by atoms with Gasteiger partial charge < -0.3 is 0 Å². The van der Waals surface area contributed by atoms with Crippen molar-refractivity contribution in [3.8, 4) is 0 Å². The van der Waals surface area contributed by atoms with E-state index in [9.17, 15) is 0 Å². The summed E-state index contributed by atoms with van der Waals surface area (Å²) in [6, 6.07) is 11.7. The molecule has 0 heterocycles. The first-order valence-corrected chi connectivity index (χ1v) is 9.14. The number of halogens is 4. The van der Waals surface area contributed by atoms with Crippen molar-refractivity contribution >= 4 is 68.1 Å². The highest BCUT2D eigenvalue weighted by molar-refractivity contribution is 6.93. The molecule has 0 saturated heterocycles. The molecule has 2 aromatic rings. The third-order valence-corrected chi connectivity index (χ3v) is 5.52. The van der Waals surface area contributed by atoms with E-state index in [-0.39, 0.29) is 10.3 Å². The summed E-state index contributed by atoms with van der Waals surface area (Å²) in [6.07, 6.45) is 0. The molecule has 25 heavy (non-hydrogen) atoms. The maximum Gasteiger partial charge on any atom is 0.222 e. The highest BCUT2D eigenvalue weighted by atomic mass is 35.5. The van der Waals surface area contributed by atoms with Gasteiger partial charge in [-0.05, 0) is 62.1 Å². The first kappa shape index (κ1) is 20.3. The molecule has 0 N–H and O–H groups in total. The number of rotatable bonds is 4. The monoisotopic (exact) mass is 414 g/mol. The second kappa shape index (κ2) is 8.09. The second-order valence-electron chi connectivity index (χ2n) is 5.96. The van der Waals surface area contributed by atoms with E-state index in [0.717, 1.165) is 22.3 Å². The predicted molar refractivity (Wildman–Crippen MR) is 112 cm³/mol. The van der Waals surface area contributed by atoms with Gasteiger partial charge in [-0.1, -0.05) is 70.7 Å². The standard InChI is InChI=1S/C19H18Cl4N2/c1-11-5-7-13(3)15(9-11)24-17(20)19(22,23)18(21)25-16-10-12(2)6-8-14(16)4/h5-10H,1-4H3/b24-17-,25-18+. The Morgan fingerprint density at radius 1 is 0.720 bits per heavy atom. The van der Waals surface area contributed by atoms with Crippen molar-refractivity contribution in [2.75, 3.05) is 0 Å². The molecule has 0 atom stereocenters. The zero-order chi connectivity index (χ0) is 18.8. The Kier molecular flexibility index (Phi) is 6.56. The van der Waals surface area contributed by atoms with Crippen molar-refractivity contribution < 1.29 is 0 Å². The summed E-state index contributed by atoms with van der Waals surface area (Å²) in [4.78, 5) is 8.69. The van der Waals surface area contributed by atoms with Gasteiger partial charge in [0.05, 0.1) is 11.4 Å². The van der Waals surface area contributed by atoms with Crippen molar-refractivity contribution in [2.24, 2.45) is 9.98 Å². The molecule has 0 amide bonds. The fourth-order valence-corrected chi connectivity index (χ4v) is 2.70. The lowest BCUT2D eigenvalue weighted by molar-refractivity contribution is 1.32. The van der Waals surface area contributed by atoms with Gasteiger partial charge in [0.2, 0.25) is 4.33 Å². The van der Waals surface area contributed by atoms with E-state index in [2.05, 4.69) is 9.98 Å². The van der Waals surface area contributed by atoms with Gasteiger partial charge in [-0.25, -0.2) is 9.98 Å². The maximum atomic E-state index is 6.36. The second-order valence-corrected chi connectivity index (χ2v) is 8.00. The molecule has 0 spiro atoms. The molecule has 0 radical (unpaired) electrons. The normalized spacial score (nSPS) is 13.3. The van der Waals surface area contributed by atoms with Crippen LogP contribution in [0.15, 0.2) is 46.4 Å². The maximum absolute atomic E-state index is 6.36. The molecular weight excluding hydrogens is 398 g/mol. The van der Waals surface area contributed by atoms with Crippen LogP contribution in [0.3, 0.4) is 0 Å². The van der Waals surface area contributed by atoms with Gasteiger partial charge in [0.25, 0.3) is 0 Å². The number of hydrogen-bond acceptors (Lipinski definition) is 2. The molecule has 0 saturated carbocycles. The lowest BCUT2D eigenvalue weighted by Crippen LogP contribution is -2.29. The van der Waals surface area contributed by atoms with Crippen molar-refractivity contribution in [1.29, 1.82) is 0 Å². The number of alkyl halides is 2. The zero-order valence-corrected chi connectivity index (χ0v) is 17.4. The van der Waals surface area contributed by atoms with Crippen molar-refractivity contribution in [1.82, 2.24) is 0 Å². The summed E-state index contributed by atoms with van der Waals surface area (Å²) in [5.41, 5.74) is 5.39. The van der Waals surface area contributed by atoms with Gasteiger partial charge in [-0.15, -0.1) is 0 Å². The Labute approximate surface area is 168 Å². The lowest BCUT2D eigenvalue weighted by Gasteiger charge is -2.17. The van der Waals surface area contributed by atoms with Gasteiger partial charge in [0.1, 0.15) is 10.3 Å². The topological polar surface area (TPSA) is 24.7 Å². The van der Waals surface area contributed by atoms with Gasteiger partial charge in [-0.3, -0.25) is 0 Å². The minimum Gasteiger partial charge on any atom is -0.237 e. The summed E-state index contributed by atoms with van der Waals surface area (Å²) in [6.45, 7) is 7.79. The molecule has 0 fully saturated rings. The Balaban J connectivity index is 2.41. The average Bonchev–Trinajstić information content (AvgIpc) is 2.54. The van der Waals surface area contributed by atoms with E-state index in [1.807, 2.05) is 64.1 Å². The predicted octanol–water partition coefficient (Wildman–Crippen LogP) is 7.33. The first-order valence-electron chi connectivity index (χ1n) is 7.63. The Morgan fingerprint density at radius 3 is 1.44 bits per heavy atom. The number of hydrogen-bond donors (Lipinski definition) is 0. The minimum atomic E-state index is -1.73. The number of aryl methyl sites for hydroxylation is 4. The SMILES string of the molecule is Cc1ccc(C)c(/N=C(\Cl)C(Cl)(Cl)/C(Cl)=N\c2cc(C)ccc2C)c1. The van der Waals surface area contributed by atoms with E-state index in [4.69, 9.17) is 46.4 Å². The van der Waals surface area contributed by atoms with Crippen molar-refractivity contribution in [2.45, 2.75) is 32.0 Å². The summed E-state index contributed by atoms with van der Waals surface area (Å²) in [5.74, 6) is 0. The van der Waals surface area contributed by atoms with Crippen LogP contribution in [0.1, 0.15) is 22.3 Å². The summed E-state index contributed by atoms with van der Waals surface area (Å²) in [7, 11) is 0. The third kappa shape index (κ3) is 4.98. The number of aliphatic imine (C=N–C) groups is 2. The van der Waals surface area contributed by atoms with Crippen molar-refractivity contribution in [3.63, 3.8) is 0 Å². The van der Waals surface area contributed by atoms with Gasteiger partial charge in [-0.2, -0.15) is 0 Å². The molecular formula is C19H18Cl4N2. The minimum absolute atomic E-state index is 0.0522. The Hall–Kier alpha value is -1.06. The zero-order valence-electron chi connectivity index (χ0n) is 14.4. The van der Waals surface area contributed by atoms with E-state index in [0.29, 0.717) is 11.4 Å². The fourth-order valence-electron chi connectivity index (χ4n) is 2.12. The van der Waals surface area contributed by atoms with Crippen LogP contribution in [0, 0.1) is 27.7 Å². The Bertz CT molecular complexity index is 785. The molecule has 0 unspecified atom stereocenters. The molecule has 0 bridgehead atoms. The highest BCUT2D eigenvalue weighted by Gasteiger charge is 2.36. The number of benzene rings is 2. The smallest absolute Gasteiger partial charge is 0.222 e. The first-order chi connectivity index (χ1) is 11.6. The molecule has 0 aliphatic carbocycles. The number of nitrogens with zero attached hydrogens (tertiary/aromatic N) is 2. The van der Waals surface area contributed by atoms with E-state index < -0.39 is 4.33 Å². The van der Waals surface area contributed by atoms with E-state index >= 15 is 0 Å². The molecule has 132 valence electrons. The van der Waals surface area contributed by atoms with Crippen LogP contribution < -0.4 is 0 Å². The van der Waals surface area contributed by atoms with Gasteiger partial charge >= 0.3 is 0 Å². The van der Waals surface area contributed by atoms with Gasteiger partial charge in [0, 0.05) is 0 Å². The summed E-state index contributed by atoms with van der Waals surface area (Å²) >= 11 is 25.3.